The third-order valence-corrected chi connectivity index (χ3v) is 10.3. The van der Waals surface area contributed by atoms with Crippen molar-refractivity contribution in [3.05, 3.63) is 63.5 Å². The highest BCUT2D eigenvalue weighted by Crippen LogP contribution is 2.39. The van der Waals surface area contributed by atoms with E-state index < -0.39 is 22.2 Å². The van der Waals surface area contributed by atoms with E-state index in [1.165, 1.54) is 43.4 Å². The molecule has 9 nitrogen and oxygen atoms in total. The molecule has 1 unspecified atom stereocenters. The van der Waals surface area contributed by atoms with Gasteiger partial charge in [-0.25, -0.2) is 18.7 Å². The van der Waals surface area contributed by atoms with E-state index >= 15 is 0 Å². The Balaban J connectivity index is 1.50. The minimum atomic E-state index is -1.39. The van der Waals surface area contributed by atoms with Crippen molar-refractivity contribution in [2.45, 2.75) is 89.0 Å². The molecule has 0 aliphatic heterocycles. The molecule has 0 bridgehead atoms. The molecule has 2 heterocycles. The van der Waals surface area contributed by atoms with E-state index in [4.69, 9.17) is 4.98 Å². The molecule has 4 aromatic rings. The van der Waals surface area contributed by atoms with Gasteiger partial charge in [-0.3, -0.25) is 14.3 Å². The van der Waals surface area contributed by atoms with Crippen LogP contribution in [0.2, 0.25) is 0 Å². The molecule has 11 heteroatoms. The summed E-state index contributed by atoms with van der Waals surface area (Å²) < 4.78 is 21.2. The highest BCUT2D eigenvalue weighted by atomic mass is 32.2. The normalized spacial score (nSPS) is 15.6. The monoisotopic (exact) mass is 609 g/mol. The van der Waals surface area contributed by atoms with Crippen LogP contribution in [0, 0.1) is 5.92 Å². The predicted octanol–water partition coefficient (Wildman–Crippen LogP) is 5.88. The average molecular weight is 610 g/mol. The molecule has 42 heavy (non-hydrogen) atoms. The van der Waals surface area contributed by atoms with Crippen molar-refractivity contribution in [2.75, 3.05) is 6.54 Å². The Morgan fingerprint density at radius 1 is 1.07 bits per heavy atom. The average Bonchev–Trinajstić information content (AvgIpc) is 3.58. The first-order valence-corrected chi connectivity index (χ1v) is 16.4. The Morgan fingerprint density at radius 2 is 1.79 bits per heavy atom. The van der Waals surface area contributed by atoms with E-state index in [1.54, 1.807) is 0 Å². The number of H-pyrrole nitrogens is 1. The van der Waals surface area contributed by atoms with Crippen LogP contribution >= 0.6 is 11.3 Å². The van der Waals surface area contributed by atoms with Gasteiger partial charge in [0.2, 0.25) is 0 Å². The summed E-state index contributed by atoms with van der Waals surface area (Å²) in [6.07, 6.45) is 6.87. The SMILES string of the molecule is CC(C)(C)NS(=O)c1ccc(-c2sc(C(=O)NCC(C)(C)c3noc(=O)[nH]3)nc2CC2CCCCC2)c2ccccc12. The molecule has 1 aliphatic carbocycles. The number of hydrogen-bond donors (Lipinski definition) is 3. The number of rotatable bonds is 9. The molecule has 0 spiro atoms. The van der Waals surface area contributed by atoms with Gasteiger partial charge in [0, 0.05) is 23.1 Å². The molecule has 1 amide bonds. The minimum Gasteiger partial charge on any atom is -0.349 e. The fourth-order valence-corrected chi connectivity index (χ4v) is 7.69. The predicted molar refractivity (Wildman–Crippen MR) is 167 cm³/mol. The molecule has 2 aromatic heterocycles. The Morgan fingerprint density at radius 3 is 2.45 bits per heavy atom. The summed E-state index contributed by atoms with van der Waals surface area (Å²) in [5.41, 5.74) is 0.971. The molecule has 0 saturated heterocycles. The fourth-order valence-electron chi connectivity index (χ4n) is 5.41. The van der Waals surface area contributed by atoms with Crippen LogP contribution in [0.15, 0.2) is 50.6 Å². The van der Waals surface area contributed by atoms with Crippen LogP contribution in [0.25, 0.3) is 21.2 Å². The van der Waals surface area contributed by atoms with Crippen LogP contribution in [0.4, 0.5) is 0 Å². The quantitative estimate of drug-likeness (QED) is 0.217. The number of thiazole rings is 1. The summed E-state index contributed by atoms with van der Waals surface area (Å²) in [6, 6.07) is 11.9. The van der Waals surface area contributed by atoms with Crippen LogP contribution < -0.4 is 15.8 Å². The van der Waals surface area contributed by atoms with Gasteiger partial charge in [0.1, 0.15) is 11.0 Å². The third-order valence-electron chi connectivity index (χ3n) is 7.60. The molecule has 1 saturated carbocycles. The van der Waals surface area contributed by atoms with E-state index in [1.807, 2.05) is 71.0 Å². The Hall–Kier alpha value is -3.15. The summed E-state index contributed by atoms with van der Waals surface area (Å²) in [6.45, 7) is 9.97. The van der Waals surface area contributed by atoms with Crippen molar-refractivity contribution in [3.63, 3.8) is 0 Å². The highest BCUT2D eigenvalue weighted by Gasteiger charge is 2.29. The molecular weight excluding hydrogens is 571 g/mol. The summed E-state index contributed by atoms with van der Waals surface area (Å²) in [5.74, 6) is 0.00651. The second-order valence-electron chi connectivity index (χ2n) is 12.8. The van der Waals surface area contributed by atoms with Gasteiger partial charge >= 0.3 is 5.76 Å². The van der Waals surface area contributed by atoms with Gasteiger partial charge in [0.15, 0.2) is 10.8 Å². The van der Waals surface area contributed by atoms with Gasteiger partial charge in [0.05, 0.1) is 15.5 Å². The zero-order valence-corrected chi connectivity index (χ0v) is 26.5. The second kappa shape index (κ2) is 12.2. The largest absolute Gasteiger partial charge is 0.438 e. The molecule has 224 valence electrons. The Labute approximate surface area is 252 Å². The minimum absolute atomic E-state index is 0.241. The van der Waals surface area contributed by atoms with E-state index in [0.717, 1.165) is 38.2 Å². The maximum atomic E-state index is 13.4. The van der Waals surface area contributed by atoms with Gasteiger partial charge in [-0.2, -0.15) is 0 Å². The van der Waals surface area contributed by atoms with Crippen LogP contribution in [-0.4, -0.2) is 37.3 Å². The van der Waals surface area contributed by atoms with Crippen molar-refractivity contribution in [1.29, 1.82) is 0 Å². The van der Waals surface area contributed by atoms with Gasteiger partial charge in [-0.1, -0.05) is 81.4 Å². The van der Waals surface area contributed by atoms with Gasteiger partial charge in [-0.15, -0.1) is 11.3 Å². The first-order valence-electron chi connectivity index (χ1n) is 14.5. The molecule has 2 aromatic carbocycles. The van der Waals surface area contributed by atoms with Crippen molar-refractivity contribution in [1.82, 2.24) is 25.2 Å². The second-order valence-corrected chi connectivity index (χ2v) is 15.0. The first-order chi connectivity index (χ1) is 19.9. The number of carbonyl (C=O) groups excluding carboxylic acids is 1. The number of carbonyl (C=O) groups is 1. The number of nitrogens with one attached hydrogen (secondary N) is 3. The van der Waals surface area contributed by atoms with E-state index in [2.05, 4.69) is 24.7 Å². The van der Waals surface area contributed by atoms with Gasteiger partial charge < -0.3 is 5.32 Å². The summed E-state index contributed by atoms with van der Waals surface area (Å²) in [7, 11) is -1.39. The molecule has 3 N–H and O–H groups in total. The van der Waals surface area contributed by atoms with E-state index in [9.17, 15) is 13.8 Å². The molecular formula is C31H39N5O4S2. The van der Waals surface area contributed by atoms with Gasteiger partial charge in [0.25, 0.3) is 5.91 Å². The first kappa shape index (κ1) is 30.3. The van der Waals surface area contributed by atoms with Crippen molar-refractivity contribution in [2.24, 2.45) is 5.92 Å². The van der Waals surface area contributed by atoms with E-state index in [-0.39, 0.29) is 18.0 Å². The zero-order valence-electron chi connectivity index (χ0n) is 24.8. The highest BCUT2D eigenvalue weighted by molar-refractivity contribution is 7.83. The molecule has 1 fully saturated rings. The number of fused-ring (bicyclic) bond motifs is 1. The zero-order chi connectivity index (χ0) is 30.1. The number of benzene rings is 2. The Kier molecular flexibility index (Phi) is 8.82. The van der Waals surface area contributed by atoms with Gasteiger partial charge in [-0.05, 0) is 49.9 Å². The summed E-state index contributed by atoms with van der Waals surface area (Å²) in [5, 5.41) is 9.07. The number of nitrogens with zero attached hydrogens (tertiary/aromatic N) is 2. The lowest BCUT2D eigenvalue weighted by atomic mass is 9.85. The van der Waals surface area contributed by atoms with Crippen LogP contribution in [0.3, 0.4) is 0 Å². The molecule has 5 rings (SSSR count). The van der Waals surface area contributed by atoms with Crippen molar-refractivity contribution in [3.8, 4) is 10.4 Å². The number of hydrogen-bond acceptors (Lipinski definition) is 7. The standard InChI is InChI=1S/C31H39N5O4S2/c1-30(2,3)36-42(39)24-16-15-22(20-13-9-10-14-21(20)24)25-23(17-19-11-7-6-8-12-19)33-27(41-25)26(37)32-18-31(4,5)28-34-29(38)40-35-28/h9-10,13-16,19,36H,6-8,11-12,17-18H2,1-5H3,(H,32,37)(H,34,35,38). The van der Waals surface area contributed by atoms with Crippen LogP contribution in [0.1, 0.15) is 88.0 Å². The topological polar surface area (TPSA) is 130 Å². The van der Waals surface area contributed by atoms with Crippen molar-refractivity contribution >= 4 is 39.0 Å². The lowest BCUT2D eigenvalue weighted by Crippen LogP contribution is -2.37. The van der Waals surface area contributed by atoms with Crippen LogP contribution in [-0.2, 0) is 22.8 Å². The smallest absolute Gasteiger partial charge is 0.349 e. The number of amides is 1. The lowest BCUT2D eigenvalue weighted by Gasteiger charge is -2.22. The summed E-state index contributed by atoms with van der Waals surface area (Å²) >= 11 is 1.39. The molecule has 0 radical (unpaired) electrons. The lowest BCUT2D eigenvalue weighted by molar-refractivity contribution is 0.0944. The number of aromatic nitrogens is 3. The molecule has 1 atom stereocenters. The maximum absolute atomic E-state index is 13.4. The molecule has 1 aliphatic rings. The third kappa shape index (κ3) is 6.90. The number of aromatic amines is 1. The maximum Gasteiger partial charge on any atom is 0.438 e. The Bertz CT molecular complexity index is 1660. The fraction of sp³-hybridized carbons (Fsp3) is 0.484. The van der Waals surface area contributed by atoms with E-state index in [0.29, 0.717) is 16.7 Å². The summed E-state index contributed by atoms with van der Waals surface area (Å²) in [4.78, 5) is 34.1. The van der Waals surface area contributed by atoms with Crippen LogP contribution in [0.5, 0.6) is 0 Å². The van der Waals surface area contributed by atoms with Crippen molar-refractivity contribution < 1.29 is 13.5 Å².